The number of aryl methyl sites for hydroxylation is 4. The number of hydrogen-bond acceptors (Lipinski definition) is 3. The summed E-state index contributed by atoms with van der Waals surface area (Å²) in [4.78, 5) is 13.1. The number of amides is 1. The Morgan fingerprint density at radius 1 is 0.909 bits per heavy atom. The van der Waals surface area contributed by atoms with Crippen LogP contribution in [0.4, 0.5) is 5.69 Å². The van der Waals surface area contributed by atoms with E-state index in [2.05, 4.69) is 28.2 Å². The number of carbonyl (C=O) groups excluding carboxylic acids is 1. The zero-order valence-corrected chi connectivity index (χ0v) is 20.3. The van der Waals surface area contributed by atoms with Crippen LogP contribution in [-0.4, -0.2) is 14.3 Å². The summed E-state index contributed by atoms with van der Waals surface area (Å²) in [6.07, 6.45) is 3.37. The molecule has 33 heavy (non-hydrogen) atoms. The van der Waals surface area contributed by atoms with Gasteiger partial charge in [-0.3, -0.25) is 9.52 Å². The van der Waals surface area contributed by atoms with E-state index in [1.165, 1.54) is 23.6 Å². The van der Waals surface area contributed by atoms with Crippen LogP contribution in [0.3, 0.4) is 0 Å². The second-order valence-corrected chi connectivity index (χ2v) is 10.6. The first kappa shape index (κ1) is 23.1. The molecule has 0 aliphatic heterocycles. The topological polar surface area (TPSA) is 75.3 Å². The fraction of sp³-hybridized carbons (Fsp3) is 0.296. The van der Waals surface area contributed by atoms with Crippen molar-refractivity contribution in [2.45, 2.75) is 57.9 Å². The first-order chi connectivity index (χ1) is 15.7. The van der Waals surface area contributed by atoms with E-state index in [-0.39, 0.29) is 16.8 Å². The Morgan fingerprint density at radius 2 is 1.67 bits per heavy atom. The van der Waals surface area contributed by atoms with Gasteiger partial charge in [-0.2, -0.15) is 0 Å². The number of anilines is 1. The lowest BCUT2D eigenvalue weighted by Crippen LogP contribution is -2.27. The maximum absolute atomic E-state index is 13.2. The Bertz CT molecular complexity index is 1330. The average molecular weight is 463 g/mol. The van der Waals surface area contributed by atoms with Crippen LogP contribution >= 0.6 is 0 Å². The second kappa shape index (κ2) is 9.02. The van der Waals surface area contributed by atoms with E-state index in [4.69, 9.17) is 0 Å². The molecule has 3 aromatic carbocycles. The van der Waals surface area contributed by atoms with Crippen molar-refractivity contribution >= 4 is 21.6 Å². The molecule has 0 aromatic heterocycles. The van der Waals surface area contributed by atoms with Crippen molar-refractivity contribution in [3.05, 3.63) is 93.5 Å². The molecule has 0 bridgehead atoms. The predicted octanol–water partition coefficient (Wildman–Crippen LogP) is 5.39. The molecule has 0 saturated heterocycles. The highest BCUT2D eigenvalue weighted by atomic mass is 32.2. The number of sulfonamides is 1. The fourth-order valence-electron chi connectivity index (χ4n) is 4.32. The molecule has 1 aliphatic carbocycles. The van der Waals surface area contributed by atoms with Crippen LogP contribution in [0.15, 0.2) is 59.5 Å². The third-order valence-corrected chi connectivity index (χ3v) is 8.07. The summed E-state index contributed by atoms with van der Waals surface area (Å²) >= 11 is 0. The first-order valence-electron chi connectivity index (χ1n) is 11.3. The Hall–Kier alpha value is -3.12. The van der Waals surface area contributed by atoms with Gasteiger partial charge in [-0.25, -0.2) is 8.42 Å². The van der Waals surface area contributed by atoms with Crippen molar-refractivity contribution in [3.63, 3.8) is 0 Å². The number of fused-ring (bicyclic) bond motifs is 1. The van der Waals surface area contributed by atoms with Crippen LogP contribution < -0.4 is 10.0 Å². The molecular formula is C27H30N2O3S. The number of hydrogen-bond donors (Lipinski definition) is 2. The molecule has 1 amide bonds. The lowest BCUT2D eigenvalue weighted by Gasteiger charge is -2.17. The molecule has 172 valence electrons. The minimum atomic E-state index is -3.86. The summed E-state index contributed by atoms with van der Waals surface area (Å²) in [5, 5.41) is 3.01. The summed E-state index contributed by atoms with van der Waals surface area (Å²) in [5.74, 6) is -0.300. The van der Waals surface area contributed by atoms with Crippen LogP contribution in [0.1, 0.15) is 63.1 Å². The van der Waals surface area contributed by atoms with E-state index in [0.717, 1.165) is 29.5 Å². The average Bonchev–Trinajstić information content (AvgIpc) is 3.25. The highest BCUT2D eigenvalue weighted by Crippen LogP contribution is 2.27. The van der Waals surface area contributed by atoms with Gasteiger partial charge in [0.2, 0.25) is 0 Å². The lowest BCUT2D eigenvalue weighted by molar-refractivity contribution is 0.0939. The molecule has 0 heterocycles. The molecule has 0 fully saturated rings. The maximum Gasteiger partial charge on any atom is 0.262 e. The van der Waals surface area contributed by atoms with Gasteiger partial charge in [-0.15, -0.1) is 0 Å². The molecule has 1 atom stereocenters. The zero-order valence-electron chi connectivity index (χ0n) is 19.5. The predicted molar refractivity (Wildman–Crippen MR) is 132 cm³/mol. The molecule has 3 aromatic rings. The van der Waals surface area contributed by atoms with Crippen LogP contribution in [-0.2, 0) is 22.9 Å². The molecule has 0 unspecified atom stereocenters. The van der Waals surface area contributed by atoms with E-state index in [0.29, 0.717) is 16.8 Å². The summed E-state index contributed by atoms with van der Waals surface area (Å²) in [7, 11) is -3.86. The lowest BCUT2D eigenvalue weighted by atomic mass is 10.0. The van der Waals surface area contributed by atoms with E-state index in [9.17, 15) is 13.2 Å². The van der Waals surface area contributed by atoms with E-state index < -0.39 is 10.0 Å². The van der Waals surface area contributed by atoms with Gasteiger partial charge >= 0.3 is 0 Å². The molecule has 6 heteroatoms. The fourth-order valence-corrected chi connectivity index (χ4v) is 5.71. The van der Waals surface area contributed by atoms with E-state index in [1.807, 2.05) is 32.9 Å². The molecule has 5 nitrogen and oxygen atoms in total. The van der Waals surface area contributed by atoms with Crippen molar-refractivity contribution in [1.29, 1.82) is 0 Å². The van der Waals surface area contributed by atoms with Crippen molar-refractivity contribution in [2.24, 2.45) is 0 Å². The Kier molecular flexibility index (Phi) is 6.30. The number of rotatable bonds is 6. The number of benzene rings is 3. The van der Waals surface area contributed by atoms with Gasteiger partial charge in [0.25, 0.3) is 15.9 Å². The third-order valence-electron chi connectivity index (χ3n) is 6.56. The molecular weight excluding hydrogens is 432 g/mol. The van der Waals surface area contributed by atoms with Crippen LogP contribution in [0, 0.1) is 20.8 Å². The monoisotopic (exact) mass is 462 g/mol. The zero-order chi connectivity index (χ0) is 23.8. The third kappa shape index (κ3) is 4.81. The normalized spacial score (nSPS) is 13.9. The summed E-state index contributed by atoms with van der Waals surface area (Å²) in [6, 6.07) is 16.5. The van der Waals surface area contributed by atoms with Crippen molar-refractivity contribution < 1.29 is 13.2 Å². The molecule has 4 rings (SSSR count). The van der Waals surface area contributed by atoms with Gasteiger partial charge in [0, 0.05) is 5.56 Å². The number of nitrogens with one attached hydrogen (secondary N) is 2. The van der Waals surface area contributed by atoms with E-state index >= 15 is 0 Å². The second-order valence-electron chi connectivity index (χ2n) is 8.91. The molecule has 0 radical (unpaired) electrons. The quantitative estimate of drug-likeness (QED) is 0.516. The van der Waals surface area contributed by atoms with Crippen LogP contribution in [0.2, 0.25) is 0 Å². The van der Waals surface area contributed by atoms with Crippen molar-refractivity contribution in [2.75, 3.05) is 4.72 Å². The molecule has 0 spiro atoms. The summed E-state index contributed by atoms with van der Waals surface area (Å²) < 4.78 is 29.0. The molecule has 1 aliphatic rings. The highest BCUT2D eigenvalue weighted by molar-refractivity contribution is 7.92. The Balaban J connectivity index is 1.56. The standard InChI is InChI=1S/C27H30N2O3S/c1-17-7-5-10-25(19(17)3)29-33(31,32)26-16-24(12-11-18(26)2)27(30)28-20(4)22-14-13-21-8-6-9-23(21)15-22/h5,7,10-16,20,29H,6,8-9H2,1-4H3,(H,28,30)/t20-/m1/s1. The Labute approximate surface area is 196 Å². The van der Waals surface area contributed by atoms with Crippen molar-refractivity contribution in [1.82, 2.24) is 5.32 Å². The summed E-state index contributed by atoms with van der Waals surface area (Å²) in [5.41, 5.74) is 7.11. The highest BCUT2D eigenvalue weighted by Gasteiger charge is 2.21. The molecule has 0 saturated carbocycles. The van der Waals surface area contributed by atoms with Gasteiger partial charge in [0.1, 0.15) is 0 Å². The van der Waals surface area contributed by atoms with Crippen molar-refractivity contribution in [3.8, 4) is 0 Å². The van der Waals surface area contributed by atoms with Gasteiger partial charge < -0.3 is 5.32 Å². The number of carbonyl (C=O) groups is 1. The largest absolute Gasteiger partial charge is 0.346 e. The smallest absolute Gasteiger partial charge is 0.262 e. The van der Waals surface area contributed by atoms with Gasteiger partial charge in [0.15, 0.2) is 0 Å². The first-order valence-corrected chi connectivity index (χ1v) is 12.8. The van der Waals surface area contributed by atoms with Gasteiger partial charge in [0.05, 0.1) is 16.6 Å². The van der Waals surface area contributed by atoms with E-state index in [1.54, 1.807) is 25.1 Å². The summed E-state index contributed by atoms with van der Waals surface area (Å²) in [6.45, 7) is 7.49. The SMILES string of the molecule is Cc1ccc(C(=O)N[C@H](C)c2ccc3c(c2)CCC3)cc1S(=O)(=O)Nc1cccc(C)c1C. The Morgan fingerprint density at radius 3 is 2.45 bits per heavy atom. The maximum atomic E-state index is 13.2. The minimum Gasteiger partial charge on any atom is -0.346 e. The van der Waals surface area contributed by atoms with Crippen LogP contribution in [0.25, 0.3) is 0 Å². The van der Waals surface area contributed by atoms with Gasteiger partial charge in [-0.05, 0) is 98.5 Å². The van der Waals surface area contributed by atoms with Gasteiger partial charge in [-0.1, -0.05) is 36.4 Å². The molecule has 2 N–H and O–H groups in total. The minimum absolute atomic E-state index is 0.0984. The van der Waals surface area contributed by atoms with Crippen LogP contribution in [0.5, 0.6) is 0 Å².